The Hall–Kier alpha value is 0.01000. The average Bonchev–Trinajstić information content (AvgIpc) is 2.20. The highest BCUT2D eigenvalue weighted by molar-refractivity contribution is 14.1. The van der Waals surface area contributed by atoms with Crippen molar-refractivity contribution < 1.29 is 4.42 Å². The first kappa shape index (κ1) is 9.01. The van der Waals surface area contributed by atoms with Crippen LogP contribution in [0.25, 0.3) is 0 Å². The second-order valence-corrected chi connectivity index (χ2v) is 3.09. The summed E-state index contributed by atoms with van der Waals surface area (Å²) in [5.41, 5.74) is 1.18. The summed E-state index contributed by atoms with van der Waals surface area (Å²) in [6.45, 7) is 4.10. The van der Waals surface area contributed by atoms with Gasteiger partial charge in [0.25, 0.3) is 0 Å². The van der Waals surface area contributed by atoms with Crippen molar-refractivity contribution in [1.82, 2.24) is 0 Å². The number of rotatable bonds is 0. The van der Waals surface area contributed by atoms with Crippen molar-refractivity contribution in [3.8, 4) is 0 Å². The van der Waals surface area contributed by atoms with Crippen LogP contribution in [0.5, 0.6) is 0 Å². The van der Waals surface area contributed by atoms with E-state index in [0.29, 0.717) is 0 Å². The van der Waals surface area contributed by atoms with Gasteiger partial charge in [0, 0.05) is 0 Å². The van der Waals surface area contributed by atoms with Crippen molar-refractivity contribution in [2.45, 2.75) is 13.8 Å². The molecule has 52 valence electrons. The van der Waals surface area contributed by atoms with Crippen LogP contribution in [-0.4, -0.2) is 4.43 Å². The molecule has 0 amide bonds. The third kappa shape index (κ3) is 5.89. The molecule has 1 heterocycles. The van der Waals surface area contributed by atoms with E-state index in [1.165, 1.54) is 9.99 Å². The topological polar surface area (TPSA) is 13.1 Å². The van der Waals surface area contributed by atoms with E-state index in [1.807, 2.05) is 13.0 Å². The second kappa shape index (κ2) is 6.13. The van der Waals surface area contributed by atoms with Crippen molar-refractivity contribution in [2.75, 3.05) is 4.43 Å². The highest BCUT2D eigenvalue weighted by Gasteiger charge is 1.75. The molecule has 0 atom stereocenters. The fourth-order valence-electron chi connectivity index (χ4n) is 0.333. The summed E-state index contributed by atoms with van der Waals surface area (Å²) < 4.78 is 5.93. The molecular weight excluding hydrogens is 227 g/mol. The maximum atomic E-state index is 4.71. The molecule has 0 saturated carbocycles. The van der Waals surface area contributed by atoms with Crippen LogP contribution >= 0.6 is 22.6 Å². The Morgan fingerprint density at radius 1 is 1.67 bits per heavy atom. The smallest absolute Gasteiger partial charge is 0.0931 e. The summed E-state index contributed by atoms with van der Waals surface area (Å²) in [4.78, 5) is 0. The van der Waals surface area contributed by atoms with Gasteiger partial charge < -0.3 is 4.42 Å². The first-order valence-electron chi connectivity index (χ1n) is 2.86. The normalized spacial score (nSPS) is 7.89. The van der Waals surface area contributed by atoms with Gasteiger partial charge in [0.2, 0.25) is 0 Å². The number of halogens is 1. The lowest BCUT2D eigenvalue weighted by Crippen LogP contribution is -1.48. The lowest BCUT2D eigenvalue weighted by Gasteiger charge is -1.63. The Morgan fingerprint density at radius 2 is 2.22 bits per heavy atom. The molecule has 0 aliphatic carbocycles. The molecule has 1 rings (SSSR count). The highest BCUT2D eigenvalue weighted by atomic mass is 127. The zero-order valence-corrected chi connectivity index (χ0v) is 7.88. The van der Waals surface area contributed by atoms with E-state index < -0.39 is 0 Å². The first-order chi connectivity index (χ1) is 4.31. The van der Waals surface area contributed by atoms with Crippen LogP contribution in [0, 0.1) is 6.92 Å². The molecule has 0 aliphatic heterocycles. The van der Waals surface area contributed by atoms with Crippen molar-refractivity contribution in [3.63, 3.8) is 0 Å². The number of aryl methyl sites for hydroxylation is 1. The van der Waals surface area contributed by atoms with E-state index in [1.54, 1.807) is 12.5 Å². The van der Waals surface area contributed by atoms with Gasteiger partial charge in [-0.05, 0) is 23.0 Å². The molecule has 0 saturated heterocycles. The zero-order chi connectivity index (χ0) is 7.11. The minimum absolute atomic E-state index is 1.18. The maximum absolute atomic E-state index is 4.71. The molecule has 0 N–H and O–H groups in total. The van der Waals surface area contributed by atoms with Gasteiger partial charge >= 0.3 is 0 Å². The molecule has 2 heteroatoms. The van der Waals surface area contributed by atoms with Gasteiger partial charge in [0.1, 0.15) is 0 Å². The Morgan fingerprint density at radius 3 is 2.33 bits per heavy atom. The van der Waals surface area contributed by atoms with Crippen molar-refractivity contribution in [2.24, 2.45) is 0 Å². The van der Waals surface area contributed by atoms with Crippen LogP contribution in [0.3, 0.4) is 0 Å². The molecule has 0 aliphatic rings. The van der Waals surface area contributed by atoms with E-state index in [-0.39, 0.29) is 0 Å². The van der Waals surface area contributed by atoms with Gasteiger partial charge in [-0.1, -0.05) is 29.5 Å². The van der Waals surface area contributed by atoms with Gasteiger partial charge in [-0.2, -0.15) is 0 Å². The summed E-state index contributed by atoms with van der Waals surface area (Å²) >= 11 is 2.29. The maximum Gasteiger partial charge on any atom is 0.0931 e. The Labute approximate surface area is 69.6 Å². The summed E-state index contributed by atoms with van der Waals surface area (Å²) in [6.07, 6.45) is 3.37. The largest absolute Gasteiger partial charge is 0.472 e. The molecule has 0 unspecified atom stereocenters. The number of hydrogen-bond acceptors (Lipinski definition) is 1. The molecule has 0 bridgehead atoms. The molecule has 0 fully saturated rings. The molecule has 0 radical (unpaired) electrons. The van der Waals surface area contributed by atoms with Crippen LogP contribution in [0.2, 0.25) is 0 Å². The lowest BCUT2D eigenvalue weighted by atomic mass is 10.4. The molecule has 0 spiro atoms. The van der Waals surface area contributed by atoms with E-state index >= 15 is 0 Å². The van der Waals surface area contributed by atoms with Crippen LogP contribution < -0.4 is 0 Å². The highest BCUT2D eigenvalue weighted by Crippen LogP contribution is 1.93. The number of alkyl halides is 1. The fraction of sp³-hybridized carbons (Fsp3) is 0.429. The molecular formula is C7H11IO. The molecule has 1 aromatic heterocycles. The second-order valence-electron chi connectivity index (χ2n) is 1.57. The SMILES string of the molecule is CCI.Cc1ccoc1. The first-order valence-corrected chi connectivity index (χ1v) is 4.38. The number of furan rings is 1. The molecule has 0 aromatic carbocycles. The summed E-state index contributed by atoms with van der Waals surface area (Å²) in [5, 5.41) is 0. The summed E-state index contributed by atoms with van der Waals surface area (Å²) in [5.74, 6) is 0. The minimum Gasteiger partial charge on any atom is -0.472 e. The quantitative estimate of drug-likeness (QED) is 0.500. The monoisotopic (exact) mass is 238 g/mol. The van der Waals surface area contributed by atoms with Gasteiger partial charge in [0.15, 0.2) is 0 Å². The standard InChI is InChI=1S/C5H6O.C2H5I/c1-5-2-3-6-4-5;1-2-3/h2-4H,1H3;2H2,1H3. The average molecular weight is 238 g/mol. The number of hydrogen-bond donors (Lipinski definition) is 0. The van der Waals surface area contributed by atoms with Crippen molar-refractivity contribution >= 4 is 22.6 Å². The van der Waals surface area contributed by atoms with Crippen LogP contribution in [0.4, 0.5) is 0 Å². The minimum atomic E-state index is 1.18. The Balaban J connectivity index is 0.000000187. The molecule has 9 heavy (non-hydrogen) atoms. The van der Waals surface area contributed by atoms with Crippen LogP contribution in [-0.2, 0) is 0 Å². The third-order valence-electron chi connectivity index (χ3n) is 0.663. The Kier molecular flexibility index (Phi) is 6.14. The van der Waals surface area contributed by atoms with E-state index in [9.17, 15) is 0 Å². The predicted molar refractivity (Wildman–Crippen MR) is 48.0 cm³/mol. The van der Waals surface area contributed by atoms with E-state index in [4.69, 9.17) is 4.42 Å². The zero-order valence-electron chi connectivity index (χ0n) is 5.73. The van der Waals surface area contributed by atoms with Crippen LogP contribution in [0.1, 0.15) is 12.5 Å². The van der Waals surface area contributed by atoms with Crippen molar-refractivity contribution in [1.29, 1.82) is 0 Å². The van der Waals surface area contributed by atoms with Gasteiger partial charge in [-0.25, -0.2) is 0 Å². The van der Waals surface area contributed by atoms with Gasteiger partial charge in [-0.3, -0.25) is 0 Å². The van der Waals surface area contributed by atoms with Crippen molar-refractivity contribution in [3.05, 3.63) is 24.2 Å². The van der Waals surface area contributed by atoms with E-state index in [2.05, 4.69) is 29.5 Å². The van der Waals surface area contributed by atoms with E-state index in [0.717, 1.165) is 0 Å². The van der Waals surface area contributed by atoms with Crippen LogP contribution in [0.15, 0.2) is 23.0 Å². The lowest BCUT2D eigenvalue weighted by molar-refractivity contribution is 0.565. The Bertz CT molecular complexity index is 123. The molecule has 1 aromatic rings. The molecule has 1 nitrogen and oxygen atoms in total. The van der Waals surface area contributed by atoms with Gasteiger partial charge in [0.05, 0.1) is 12.5 Å². The summed E-state index contributed by atoms with van der Waals surface area (Å²) in [7, 11) is 0. The third-order valence-corrected chi connectivity index (χ3v) is 0.663. The van der Waals surface area contributed by atoms with Gasteiger partial charge in [-0.15, -0.1) is 0 Å². The fourth-order valence-corrected chi connectivity index (χ4v) is 0.333. The predicted octanol–water partition coefficient (Wildman–Crippen LogP) is 3.03. The summed E-state index contributed by atoms with van der Waals surface area (Å²) in [6, 6.07) is 1.92.